The first-order valence-corrected chi connectivity index (χ1v) is 13.8. The number of carbonyl (C=O) groups is 2. The van der Waals surface area contributed by atoms with Gasteiger partial charge in [-0.05, 0) is 57.9 Å². The van der Waals surface area contributed by atoms with Crippen LogP contribution in [-0.4, -0.2) is 41.3 Å². The van der Waals surface area contributed by atoms with E-state index in [0.717, 1.165) is 24.0 Å². The molecule has 0 unspecified atom stereocenters. The van der Waals surface area contributed by atoms with Gasteiger partial charge in [0.25, 0.3) is 0 Å². The van der Waals surface area contributed by atoms with Crippen LogP contribution in [0, 0.1) is 29.6 Å². The number of aliphatic hydroxyl groups is 1. The van der Waals surface area contributed by atoms with Crippen molar-refractivity contribution in [2.45, 2.75) is 92.5 Å². The van der Waals surface area contributed by atoms with Gasteiger partial charge in [-0.25, -0.2) is 4.79 Å². The fourth-order valence-corrected chi connectivity index (χ4v) is 5.51. The number of aliphatic hydroxyl groups excluding tert-OH is 1. The lowest BCUT2D eigenvalue weighted by Crippen LogP contribution is -2.34. The predicted molar refractivity (Wildman–Crippen MR) is 150 cm³/mol. The topological polar surface area (TPSA) is 72.8 Å². The summed E-state index contributed by atoms with van der Waals surface area (Å²) < 4.78 is 11.6. The van der Waals surface area contributed by atoms with Gasteiger partial charge >= 0.3 is 5.97 Å². The van der Waals surface area contributed by atoms with Crippen LogP contribution in [0.5, 0.6) is 0 Å². The molecule has 5 heteroatoms. The van der Waals surface area contributed by atoms with Crippen LogP contribution in [0.15, 0.2) is 59.8 Å². The molecule has 0 aliphatic carbocycles. The zero-order valence-corrected chi connectivity index (χ0v) is 24.1. The number of hydrogen-bond acceptors (Lipinski definition) is 5. The Hall–Kier alpha value is -2.24. The molecule has 0 aromatic carbocycles. The highest BCUT2D eigenvalue weighted by Crippen LogP contribution is 2.40. The van der Waals surface area contributed by atoms with E-state index in [1.807, 2.05) is 58.9 Å². The van der Waals surface area contributed by atoms with E-state index in [9.17, 15) is 14.7 Å². The summed E-state index contributed by atoms with van der Waals surface area (Å²) in [6.07, 6.45) is 17.9. The molecule has 1 fully saturated rings. The van der Waals surface area contributed by atoms with Crippen LogP contribution in [0.4, 0.5) is 0 Å². The van der Waals surface area contributed by atoms with Crippen molar-refractivity contribution in [1.82, 2.24) is 0 Å². The molecular formula is C32H48O5. The Bertz CT molecular complexity index is 939. The minimum atomic E-state index is -0.344. The van der Waals surface area contributed by atoms with Crippen LogP contribution in [0.1, 0.15) is 74.7 Å². The summed E-state index contributed by atoms with van der Waals surface area (Å²) in [6, 6.07) is 0. The van der Waals surface area contributed by atoms with Crippen molar-refractivity contribution in [3.05, 3.63) is 59.8 Å². The first-order chi connectivity index (χ1) is 17.3. The van der Waals surface area contributed by atoms with Crippen LogP contribution in [0.2, 0.25) is 0 Å². The van der Waals surface area contributed by atoms with Gasteiger partial charge < -0.3 is 14.6 Å². The highest BCUT2D eigenvalue weighted by molar-refractivity contribution is 5.85. The van der Waals surface area contributed by atoms with E-state index < -0.39 is 0 Å². The largest absolute Gasteiger partial charge is 0.454 e. The quantitative estimate of drug-likeness (QED) is 0.237. The maximum atomic E-state index is 13.2. The van der Waals surface area contributed by atoms with Crippen molar-refractivity contribution in [3.8, 4) is 0 Å². The molecule has 0 spiro atoms. The highest BCUT2D eigenvalue weighted by Gasteiger charge is 2.44. The molecule has 2 rings (SSSR count). The number of carbonyl (C=O) groups excluding carboxylic acids is 2. The van der Waals surface area contributed by atoms with Crippen molar-refractivity contribution >= 4 is 11.8 Å². The monoisotopic (exact) mass is 512 g/mol. The molecule has 0 radical (unpaired) electrons. The number of esters is 1. The maximum Gasteiger partial charge on any atom is 0.331 e. The second kappa shape index (κ2) is 14.1. The third kappa shape index (κ3) is 9.54. The Morgan fingerprint density at radius 2 is 1.84 bits per heavy atom. The maximum absolute atomic E-state index is 13.2. The molecule has 2 aliphatic heterocycles. The second-order valence-electron chi connectivity index (χ2n) is 11.6. The predicted octanol–water partition coefficient (Wildman–Crippen LogP) is 6.54. The van der Waals surface area contributed by atoms with Gasteiger partial charge in [0.05, 0.1) is 11.7 Å². The first-order valence-electron chi connectivity index (χ1n) is 13.8. The third-order valence-electron chi connectivity index (χ3n) is 7.57. The minimum Gasteiger partial charge on any atom is -0.454 e. The van der Waals surface area contributed by atoms with Crippen LogP contribution >= 0.6 is 0 Å². The molecule has 0 aromatic heterocycles. The number of allylic oxidation sites excluding steroid dienone is 7. The average Bonchev–Trinajstić information content (AvgIpc) is 3.12. The van der Waals surface area contributed by atoms with Gasteiger partial charge in [-0.15, -0.1) is 0 Å². The molecule has 0 amide bonds. The smallest absolute Gasteiger partial charge is 0.331 e. The lowest BCUT2D eigenvalue weighted by Gasteiger charge is -2.27. The summed E-state index contributed by atoms with van der Waals surface area (Å²) in [5.74, 6) is 0.363. The zero-order chi connectivity index (χ0) is 27.8. The van der Waals surface area contributed by atoms with Crippen LogP contribution in [-0.2, 0) is 19.1 Å². The Morgan fingerprint density at radius 3 is 2.51 bits per heavy atom. The molecule has 206 valence electrons. The molecule has 1 saturated heterocycles. The number of Topliss-reactive ketones (excluding diaryl/α,β-unsaturated/α-hetero) is 1. The number of hydrogen-bond donors (Lipinski definition) is 1. The molecule has 0 aromatic rings. The second-order valence-corrected chi connectivity index (χ2v) is 11.6. The average molecular weight is 513 g/mol. The molecule has 37 heavy (non-hydrogen) atoms. The van der Waals surface area contributed by atoms with Gasteiger partial charge in [-0.3, -0.25) is 4.79 Å². The van der Waals surface area contributed by atoms with Gasteiger partial charge in [0, 0.05) is 30.4 Å². The van der Waals surface area contributed by atoms with E-state index in [2.05, 4.69) is 39.0 Å². The number of rotatable bonds is 12. The van der Waals surface area contributed by atoms with Crippen molar-refractivity contribution in [2.24, 2.45) is 29.6 Å². The molecule has 1 N–H and O–H groups in total. The summed E-state index contributed by atoms with van der Waals surface area (Å²) in [5, 5.41) is 9.35. The lowest BCUT2D eigenvalue weighted by molar-refractivity contribution is -0.143. The van der Waals surface area contributed by atoms with Crippen molar-refractivity contribution in [2.75, 3.05) is 6.61 Å². The number of ketones is 1. The van der Waals surface area contributed by atoms with E-state index in [1.54, 1.807) is 0 Å². The molecular weight excluding hydrogens is 464 g/mol. The Labute approximate surface area is 224 Å². The van der Waals surface area contributed by atoms with Crippen molar-refractivity contribution in [1.29, 1.82) is 0 Å². The van der Waals surface area contributed by atoms with Crippen LogP contribution < -0.4 is 0 Å². The molecule has 8 atom stereocenters. The first kappa shape index (κ1) is 31.0. The van der Waals surface area contributed by atoms with E-state index in [-0.39, 0.29) is 53.9 Å². The number of cyclic esters (lactones) is 1. The third-order valence-corrected chi connectivity index (χ3v) is 7.57. The summed E-state index contributed by atoms with van der Waals surface area (Å²) >= 11 is 0. The van der Waals surface area contributed by atoms with Gasteiger partial charge in [0.1, 0.15) is 11.9 Å². The molecule has 0 bridgehead atoms. The minimum absolute atomic E-state index is 0.0995. The highest BCUT2D eigenvalue weighted by atomic mass is 16.5. The van der Waals surface area contributed by atoms with Crippen molar-refractivity contribution in [3.63, 3.8) is 0 Å². The molecule has 2 heterocycles. The van der Waals surface area contributed by atoms with E-state index >= 15 is 0 Å². The van der Waals surface area contributed by atoms with E-state index in [4.69, 9.17) is 9.47 Å². The Kier molecular flexibility index (Phi) is 11.8. The van der Waals surface area contributed by atoms with Crippen LogP contribution in [0.25, 0.3) is 0 Å². The SMILES string of the molecule is CC(=C/[C@@H](C)C/C=C/C(C)=C/[C@@H](C)C(=O)[C@H](C)[C@@H]1O[C@@](C)(CCO)C[C@H]1C)/C=C/[C@H]1OC(=O)C=C[C@@H]1C. The summed E-state index contributed by atoms with van der Waals surface area (Å²) in [7, 11) is 0. The van der Waals surface area contributed by atoms with E-state index in [1.165, 1.54) is 6.08 Å². The Balaban J connectivity index is 1.87. The van der Waals surface area contributed by atoms with Crippen LogP contribution in [0.3, 0.4) is 0 Å². The number of ether oxygens (including phenoxy) is 2. The van der Waals surface area contributed by atoms with Crippen molar-refractivity contribution < 1.29 is 24.2 Å². The fraction of sp³-hybridized carbons (Fsp3) is 0.625. The van der Waals surface area contributed by atoms with E-state index in [0.29, 0.717) is 18.3 Å². The normalized spacial score (nSPS) is 31.6. The standard InChI is InChI=1S/C32H48O5/c1-21(18-23(3)12-14-28-24(4)13-15-29(34)36-28)10-9-11-22(2)19-25(5)30(35)27(7)31-26(6)20-32(8,37-31)16-17-33/h9,11-15,18-19,21,24-28,31,33H,10,16-17,20H2,1-8H3/b11-9+,14-12+,22-19+,23-18-/t21-,24-,25+,26+,27-,28+,31+,32-/m0/s1. The van der Waals surface area contributed by atoms with Gasteiger partial charge in [0.15, 0.2) is 0 Å². The fourth-order valence-electron chi connectivity index (χ4n) is 5.51. The summed E-state index contributed by atoms with van der Waals surface area (Å²) in [6.45, 7) is 16.5. The lowest BCUT2D eigenvalue weighted by atomic mass is 9.83. The molecule has 0 saturated carbocycles. The van der Waals surface area contributed by atoms with Gasteiger partial charge in [-0.1, -0.05) is 82.2 Å². The Morgan fingerprint density at radius 1 is 1.16 bits per heavy atom. The summed E-state index contributed by atoms with van der Waals surface area (Å²) in [4.78, 5) is 24.6. The molecule has 5 nitrogen and oxygen atoms in total. The zero-order valence-electron chi connectivity index (χ0n) is 24.1. The summed E-state index contributed by atoms with van der Waals surface area (Å²) in [5.41, 5.74) is 1.87. The molecule has 2 aliphatic rings. The van der Waals surface area contributed by atoms with Gasteiger partial charge in [0.2, 0.25) is 0 Å². The van der Waals surface area contributed by atoms with Gasteiger partial charge in [-0.2, -0.15) is 0 Å².